The molecule has 0 saturated heterocycles. The molecule has 0 aromatic heterocycles. The fraction of sp³-hybridized carbons (Fsp3) is 0.647. The molecule has 2 nitrogen and oxygen atoms in total. The molecule has 0 unspecified atom stereocenters. The molecule has 0 spiro atoms. The molecule has 1 aliphatic carbocycles. The molecule has 106 valence electrons. The number of benzene rings is 1. The lowest BCUT2D eigenvalue weighted by atomic mass is 9.86. The summed E-state index contributed by atoms with van der Waals surface area (Å²) in [5.74, 6) is 1.08. The summed E-state index contributed by atoms with van der Waals surface area (Å²) in [5.41, 5.74) is 2.93. The number of ether oxygens (including phenoxy) is 1. The second-order valence-electron chi connectivity index (χ2n) is 5.53. The SMILES string of the molecule is CCCN(CCC)[C@H]1CCc2c(cccc2OC)C1. The Morgan fingerprint density at radius 1 is 1.21 bits per heavy atom. The topological polar surface area (TPSA) is 12.5 Å². The highest BCUT2D eigenvalue weighted by atomic mass is 16.5. The van der Waals surface area contributed by atoms with Crippen LogP contribution in [0.5, 0.6) is 5.75 Å². The Balaban J connectivity index is 2.12. The molecule has 1 aromatic rings. The van der Waals surface area contributed by atoms with Gasteiger partial charge in [-0.05, 0) is 62.4 Å². The third-order valence-electron chi connectivity index (χ3n) is 4.17. The van der Waals surface area contributed by atoms with Gasteiger partial charge in [-0.25, -0.2) is 0 Å². The molecular formula is C17H27NO. The smallest absolute Gasteiger partial charge is 0.122 e. The largest absolute Gasteiger partial charge is 0.496 e. The molecule has 0 saturated carbocycles. The summed E-state index contributed by atoms with van der Waals surface area (Å²) in [6.07, 6.45) is 6.12. The van der Waals surface area contributed by atoms with Gasteiger partial charge in [0.25, 0.3) is 0 Å². The molecule has 2 rings (SSSR count). The minimum absolute atomic E-state index is 0.722. The van der Waals surface area contributed by atoms with Gasteiger partial charge in [0.1, 0.15) is 5.75 Å². The summed E-state index contributed by atoms with van der Waals surface area (Å²) < 4.78 is 5.49. The van der Waals surface area contributed by atoms with Gasteiger partial charge in [0.15, 0.2) is 0 Å². The van der Waals surface area contributed by atoms with E-state index in [1.807, 2.05) is 0 Å². The van der Waals surface area contributed by atoms with Crippen LogP contribution in [-0.4, -0.2) is 31.1 Å². The van der Waals surface area contributed by atoms with Crippen molar-refractivity contribution in [1.82, 2.24) is 4.90 Å². The maximum absolute atomic E-state index is 5.49. The van der Waals surface area contributed by atoms with Crippen molar-refractivity contribution in [3.05, 3.63) is 29.3 Å². The van der Waals surface area contributed by atoms with Crippen LogP contribution in [0.1, 0.15) is 44.2 Å². The molecule has 1 aliphatic rings. The first-order valence-electron chi connectivity index (χ1n) is 7.68. The summed E-state index contributed by atoms with van der Waals surface area (Å²) in [5, 5.41) is 0. The summed E-state index contributed by atoms with van der Waals surface area (Å²) in [6, 6.07) is 7.22. The monoisotopic (exact) mass is 261 g/mol. The second-order valence-corrected chi connectivity index (χ2v) is 5.53. The Bertz CT molecular complexity index is 396. The minimum Gasteiger partial charge on any atom is -0.496 e. The number of methoxy groups -OCH3 is 1. The Labute approximate surface area is 117 Å². The first-order chi connectivity index (χ1) is 9.30. The van der Waals surface area contributed by atoms with Crippen molar-refractivity contribution in [2.24, 2.45) is 0 Å². The van der Waals surface area contributed by atoms with Crippen LogP contribution >= 0.6 is 0 Å². The first kappa shape index (κ1) is 14.4. The number of nitrogens with zero attached hydrogens (tertiary/aromatic N) is 1. The van der Waals surface area contributed by atoms with Crippen LogP contribution in [0.25, 0.3) is 0 Å². The van der Waals surface area contributed by atoms with E-state index in [9.17, 15) is 0 Å². The van der Waals surface area contributed by atoms with E-state index in [-0.39, 0.29) is 0 Å². The zero-order chi connectivity index (χ0) is 13.7. The van der Waals surface area contributed by atoms with Gasteiger partial charge >= 0.3 is 0 Å². The van der Waals surface area contributed by atoms with Gasteiger partial charge in [-0.2, -0.15) is 0 Å². The summed E-state index contributed by atoms with van der Waals surface area (Å²) in [4.78, 5) is 2.68. The highest BCUT2D eigenvalue weighted by molar-refractivity contribution is 5.42. The van der Waals surface area contributed by atoms with Gasteiger partial charge in [-0.1, -0.05) is 26.0 Å². The van der Waals surface area contributed by atoms with Crippen molar-refractivity contribution in [1.29, 1.82) is 0 Å². The molecule has 0 aliphatic heterocycles. The Hall–Kier alpha value is -1.02. The normalized spacial score (nSPS) is 18.4. The highest BCUT2D eigenvalue weighted by Crippen LogP contribution is 2.31. The summed E-state index contributed by atoms with van der Waals surface area (Å²) in [6.45, 7) is 7.03. The van der Waals surface area contributed by atoms with Gasteiger partial charge in [-0.15, -0.1) is 0 Å². The number of hydrogen-bond acceptors (Lipinski definition) is 2. The quantitative estimate of drug-likeness (QED) is 0.774. The highest BCUT2D eigenvalue weighted by Gasteiger charge is 2.24. The zero-order valence-electron chi connectivity index (χ0n) is 12.6. The van der Waals surface area contributed by atoms with E-state index >= 15 is 0 Å². The van der Waals surface area contributed by atoms with Crippen molar-refractivity contribution < 1.29 is 4.74 Å². The van der Waals surface area contributed by atoms with E-state index in [2.05, 4.69) is 36.9 Å². The molecule has 0 fully saturated rings. The van der Waals surface area contributed by atoms with Gasteiger partial charge in [0.05, 0.1) is 7.11 Å². The molecule has 1 aromatic carbocycles. The van der Waals surface area contributed by atoms with Crippen LogP contribution in [0, 0.1) is 0 Å². The molecular weight excluding hydrogens is 234 g/mol. The van der Waals surface area contributed by atoms with Crippen molar-refractivity contribution >= 4 is 0 Å². The molecule has 2 heteroatoms. The van der Waals surface area contributed by atoms with E-state index in [0.717, 1.165) is 18.2 Å². The molecule has 0 radical (unpaired) electrons. The Kier molecular flexibility index (Phi) is 5.26. The molecule has 0 N–H and O–H groups in total. The van der Waals surface area contributed by atoms with Crippen LogP contribution in [0.15, 0.2) is 18.2 Å². The van der Waals surface area contributed by atoms with Gasteiger partial charge in [0, 0.05) is 6.04 Å². The minimum atomic E-state index is 0.722. The van der Waals surface area contributed by atoms with E-state index in [1.165, 1.54) is 49.9 Å². The Morgan fingerprint density at radius 2 is 1.95 bits per heavy atom. The molecule has 0 amide bonds. The molecule has 0 bridgehead atoms. The van der Waals surface area contributed by atoms with Crippen molar-refractivity contribution in [3.63, 3.8) is 0 Å². The summed E-state index contributed by atoms with van der Waals surface area (Å²) >= 11 is 0. The van der Waals surface area contributed by atoms with Gasteiger partial charge in [-0.3, -0.25) is 0 Å². The van der Waals surface area contributed by atoms with Gasteiger partial charge < -0.3 is 9.64 Å². The zero-order valence-corrected chi connectivity index (χ0v) is 12.6. The van der Waals surface area contributed by atoms with E-state index < -0.39 is 0 Å². The van der Waals surface area contributed by atoms with E-state index in [4.69, 9.17) is 4.74 Å². The Morgan fingerprint density at radius 3 is 2.58 bits per heavy atom. The fourth-order valence-corrected chi connectivity index (χ4v) is 3.31. The lowest BCUT2D eigenvalue weighted by Crippen LogP contribution is -2.40. The average molecular weight is 261 g/mol. The second kappa shape index (κ2) is 6.95. The van der Waals surface area contributed by atoms with Crippen molar-refractivity contribution in [2.45, 2.75) is 52.0 Å². The van der Waals surface area contributed by atoms with E-state index in [1.54, 1.807) is 7.11 Å². The lowest BCUT2D eigenvalue weighted by Gasteiger charge is -2.35. The fourth-order valence-electron chi connectivity index (χ4n) is 3.31. The third kappa shape index (κ3) is 3.30. The van der Waals surface area contributed by atoms with Crippen LogP contribution < -0.4 is 4.74 Å². The third-order valence-corrected chi connectivity index (χ3v) is 4.17. The number of rotatable bonds is 6. The lowest BCUT2D eigenvalue weighted by molar-refractivity contribution is 0.179. The predicted octanol–water partition coefficient (Wildman–Crippen LogP) is 3.67. The predicted molar refractivity (Wildman–Crippen MR) is 81.0 cm³/mol. The summed E-state index contributed by atoms with van der Waals surface area (Å²) in [7, 11) is 1.78. The average Bonchev–Trinajstić information content (AvgIpc) is 2.45. The van der Waals surface area contributed by atoms with Crippen LogP contribution in [0.3, 0.4) is 0 Å². The van der Waals surface area contributed by atoms with E-state index in [0.29, 0.717) is 0 Å². The first-order valence-corrected chi connectivity index (χ1v) is 7.68. The van der Waals surface area contributed by atoms with Crippen LogP contribution in [0.4, 0.5) is 0 Å². The number of fused-ring (bicyclic) bond motifs is 1. The standard InChI is InChI=1S/C17H27NO/c1-4-11-18(12-5-2)15-9-10-16-14(13-15)7-6-8-17(16)19-3/h6-8,15H,4-5,9-13H2,1-3H3/t15-/m0/s1. The maximum Gasteiger partial charge on any atom is 0.122 e. The molecule has 19 heavy (non-hydrogen) atoms. The van der Waals surface area contributed by atoms with Crippen molar-refractivity contribution in [3.8, 4) is 5.75 Å². The number of hydrogen-bond donors (Lipinski definition) is 0. The maximum atomic E-state index is 5.49. The molecule has 0 heterocycles. The molecule has 1 atom stereocenters. The van der Waals surface area contributed by atoms with Gasteiger partial charge in [0.2, 0.25) is 0 Å². The van der Waals surface area contributed by atoms with Crippen molar-refractivity contribution in [2.75, 3.05) is 20.2 Å². The van der Waals surface area contributed by atoms with Crippen LogP contribution in [-0.2, 0) is 12.8 Å². The van der Waals surface area contributed by atoms with Crippen LogP contribution in [0.2, 0.25) is 0 Å².